The third-order valence-corrected chi connectivity index (χ3v) is 11.9. The van der Waals surface area contributed by atoms with Crippen molar-refractivity contribution in [2.24, 2.45) is 0 Å². The SMILES string of the molecule is C1=Cc2c(n(-c3ccc4c5ccccc5c5ccccc5c4c3)c3ccc(-c4ccc5c(c4)c4ccccc4n5-c4cccc5ccccc45)cc23)CC1. The Morgan fingerprint density at radius 3 is 1.70 bits per heavy atom. The molecular weight excluding hydrogens is 653 g/mol. The molecule has 0 N–H and O–H groups in total. The third kappa shape index (κ3) is 4.17. The van der Waals surface area contributed by atoms with Crippen molar-refractivity contribution in [3.8, 4) is 22.5 Å². The Morgan fingerprint density at radius 2 is 0.944 bits per heavy atom. The fourth-order valence-corrected chi connectivity index (χ4v) is 9.55. The Morgan fingerprint density at radius 1 is 0.370 bits per heavy atom. The second kappa shape index (κ2) is 11.3. The molecule has 252 valence electrons. The number of hydrogen-bond acceptors (Lipinski definition) is 0. The number of fused-ring (bicyclic) bond motifs is 13. The van der Waals surface area contributed by atoms with E-state index in [1.807, 2.05) is 0 Å². The molecule has 9 aromatic carbocycles. The minimum Gasteiger partial charge on any atom is -0.313 e. The molecule has 2 aromatic heterocycles. The first-order chi connectivity index (χ1) is 26.8. The molecule has 1 aliphatic carbocycles. The van der Waals surface area contributed by atoms with Gasteiger partial charge in [0.25, 0.3) is 0 Å². The van der Waals surface area contributed by atoms with Crippen molar-refractivity contribution >= 4 is 81.9 Å². The molecule has 0 spiro atoms. The molecule has 2 nitrogen and oxygen atoms in total. The van der Waals surface area contributed by atoms with Gasteiger partial charge in [0.2, 0.25) is 0 Å². The van der Waals surface area contributed by atoms with E-state index in [2.05, 4.69) is 191 Å². The maximum Gasteiger partial charge on any atom is 0.0541 e. The summed E-state index contributed by atoms with van der Waals surface area (Å²) in [6.45, 7) is 0. The van der Waals surface area contributed by atoms with Crippen LogP contribution in [0, 0.1) is 0 Å². The van der Waals surface area contributed by atoms with Crippen LogP contribution in [0.1, 0.15) is 17.7 Å². The predicted octanol–water partition coefficient (Wildman–Crippen LogP) is 14.0. The van der Waals surface area contributed by atoms with Crippen LogP contribution >= 0.6 is 0 Å². The largest absolute Gasteiger partial charge is 0.313 e. The van der Waals surface area contributed by atoms with Crippen molar-refractivity contribution in [3.63, 3.8) is 0 Å². The highest BCUT2D eigenvalue weighted by Crippen LogP contribution is 2.41. The van der Waals surface area contributed by atoms with Crippen molar-refractivity contribution in [2.75, 3.05) is 0 Å². The van der Waals surface area contributed by atoms with Crippen LogP contribution < -0.4 is 0 Å². The van der Waals surface area contributed by atoms with Crippen molar-refractivity contribution in [1.82, 2.24) is 9.13 Å². The number of hydrogen-bond donors (Lipinski definition) is 0. The zero-order valence-electron chi connectivity index (χ0n) is 29.6. The molecule has 11 aromatic rings. The Labute approximate surface area is 312 Å². The molecule has 0 amide bonds. The minimum absolute atomic E-state index is 1.02. The van der Waals surface area contributed by atoms with Gasteiger partial charge in [0.05, 0.1) is 22.2 Å². The molecule has 0 unspecified atom stereocenters. The highest BCUT2D eigenvalue weighted by Gasteiger charge is 2.21. The fraction of sp³-hybridized carbons (Fsp3) is 0.0385. The van der Waals surface area contributed by atoms with E-state index in [1.54, 1.807) is 0 Å². The standard InChI is InChI=1S/C52H34N2/c1-2-14-37-33(12-1)13-11-23-48(37)54-50-22-10-8-20-44(50)47-31-35(25-29-52(47)54)34-24-28-51-46(30-34)43-19-7-9-21-49(43)53(51)36-26-27-42-40-17-4-3-15-38(40)39-16-5-6-18-41(39)45(42)32-36/h1-8,10-20,22-32H,9,21H2. The van der Waals surface area contributed by atoms with Crippen LogP contribution in [0.2, 0.25) is 0 Å². The van der Waals surface area contributed by atoms with E-state index in [4.69, 9.17) is 0 Å². The second-order valence-corrected chi connectivity index (χ2v) is 14.8. The molecule has 2 heterocycles. The smallest absolute Gasteiger partial charge is 0.0541 e. The Balaban J connectivity index is 1.05. The van der Waals surface area contributed by atoms with Crippen molar-refractivity contribution in [1.29, 1.82) is 0 Å². The molecule has 0 fully saturated rings. The number of benzene rings is 9. The fourth-order valence-electron chi connectivity index (χ4n) is 9.55. The molecule has 54 heavy (non-hydrogen) atoms. The van der Waals surface area contributed by atoms with Crippen molar-refractivity contribution in [2.45, 2.75) is 12.8 Å². The van der Waals surface area contributed by atoms with Gasteiger partial charge in [-0.25, -0.2) is 0 Å². The third-order valence-electron chi connectivity index (χ3n) is 11.9. The highest BCUT2D eigenvalue weighted by molar-refractivity contribution is 6.25. The number of para-hydroxylation sites is 1. The van der Waals surface area contributed by atoms with Gasteiger partial charge in [0, 0.05) is 38.5 Å². The van der Waals surface area contributed by atoms with Gasteiger partial charge in [-0.3, -0.25) is 0 Å². The van der Waals surface area contributed by atoms with Gasteiger partial charge in [0.15, 0.2) is 0 Å². The number of aromatic nitrogens is 2. The zero-order chi connectivity index (χ0) is 35.3. The summed E-state index contributed by atoms with van der Waals surface area (Å²) < 4.78 is 4.97. The first-order valence-electron chi connectivity index (χ1n) is 19.0. The van der Waals surface area contributed by atoms with Gasteiger partial charge < -0.3 is 9.13 Å². The number of allylic oxidation sites excluding steroid dienone is 1. The molecule has 2 heteroatoms. The van der Waals surface area contributed by atoms with Crippen LogP contribution in [0.5, 0.6) is 0 Å². The summed E-state index contributed by atoms with van der Waals surface area (Å²) in [7, 11) is 0. The second-order valence-electron chi connectivity index (χ2n) is 14.8. The minimum atomic E-state index is 1.02. The zero-order valence-corrected chi connectivity index (χ0v) is 29.6. The molecule has 0 aliphatic heterocycles. The normalized spacial score (nSPS) is 13.0. The summed E-state index contributed by atoms with van der Waals surface area (Å²) in [5.74, 6) is 0. The topological polar surface area (TPSA) is 9.86 Å². The van der Waals surface area contributed by atoms with Gasteiger partial charge in [-0.15, -0.1) is 0 Å². The Bertz CT molecular complexity index is 3350. The lowest BCUT2D eigenvalue weighted by atomic mass is 9.94. The lowest BCUT2D eigenvalue weighted by Gasteiger charge is -2.16. The summed E-state index contributed by atoms with van der Waals surface area (Å²) in [5.41, 5.74) is 11.3. The van der Waals surface area contributed by atoms with E-state index >= 15 is 0 Å². The summed E-state index contributed by atoms with van der Waals surface area (Å²) >= 11 is 0. The molecule has 0 saturated carbocycles. The molecule has 12 rings (SSSR count). The molecule has 0 atom stereocenters. The first kappa shape index (κ1) is 29.7. The maximum atomic E-state index is 2.53. The highest BCUT2D eigenvalue weighted by atomic mass is 15.0. The van der Waals surface area contributed by atoms with E-state index in [1.165, 1.54) is 110 Å². The summed E-state index contributed by atoms with van der Waals surface area (Å²) in [4.78, 5) is 0. The molecule has 0 bridgehead atoms. The molecule has 1 aliphatic rings. The van der Waals surface area contributed by atoms with Gasteiger partial charge >= 0.3 is 0 Å². The van der Waals surface area contributed by atoms with E-state index < -0.39 is 0 Å². The lowest BCUT2D eigenvalue weighted by molar-refractivity contribution is 0.889. The van der Waals surface area contributed by atoms with Crippen LogP contribution in [0.15, 0.2) is 176 Å². The average molecular weight is 687 g/mol. The first-order valence-corrected chi connectivity index (χ1v) is 19.0. The monoisotopic (exact) mass is 686 g/mol. The summed E-state index contributed by atoms with van der Waals surface area (Å²) in [6.07, 6.45) is 6.76. The maximum absolute atomic E-state index is 2.53. The molecule has 0 saturated heterocycles. The van der Waals surface area contributed by atoms with E-state index in [9.17, 15) is 0 Å². The predicted molar refractivity (Wildman–Crippen MR) is 230 cm³/mol. The molecule has 0 radical (unpaired) electrons. The van der Waals surface area contributed by atoms with Crippen LogP contribution in [-0.2, 0) is 6.42 Å². The number of nitrogens with zero attached hydrogens (tertiary/aromatic N) is 2. The average Bonchev–Trinajstić information content (AvgIpc) is 3.75. The van der Waals surface area contributed by atoms with Gasteiger partial charge in [0.1, 0.15) is 0 Å². The summed E-state index contributed by atoms with van der Waals surface area (Å²) in [6, 6.07) is 63.1. The molecular formula is C52H34N2. The Hall–Kier alpha value is -6.90. The lowest BCUT2D eigenvalue weighted by Crippen LogP contribution is -2.03. The van der Waals surface area contributed by atoms with Crippen LogP contribution in [-0.4, -0.2) is 9.13 Å². The van der Waals surface area contributed by atoms with Crippen LogP contribution in [0.25, 0.3) is 104 Å². The number of rotatable bonds is 3. The summed E-state index contributed by atoms with van der Waals surface area (Å²) in [5, 5.41) is 14.2. The van der Waals surface area contributed by atoms with E-state index in [0.717, 1.165) is 12.8 Å². The Kier molecular flexibility index (Phi) is 6.20. The van der Waals surface area contributed by atoms with Gasteiger partial charge in [-0.2, -0.15) is 0 Å². The van der Waals surface area contributed by atoms with Crippen molar-refractivity contribution in [3.05, 3.63) is 187 Å². The van der Waals surface area contributed by atoms with Gasteiger partial charge in [-0.05, 0) is 110 Å². The van der Waals surface area contributed by atoms with E-state index in [-0.39, 0.29) is 0 Å². The quantitative estimate of drug-likeness (QED) is 0.164. The van der Waals surface area contributed by atoms with E-state index in [0.29, 0.717) is 0 Å². The van der Waals surface area contributed by atoms with Crippen LogP contribution in [0.4, 0.5) is 0 Å². The van der Waals surface area contributed by atoms with Crippen LogP contribution in [0.3, 0.4) is 0 Å². The van der Waals surface area contributed by atoms with Crippen molar-refractivity contribution < 1.29 is 0 Å². The van der Waals surface area contributed by atoms with Gasteiger partial charge in [-0.1, -0.05) is 133 Å².